The number of nitrogens with one attached hydrogen (secondary N) is 1. The Bertz CT molecular complexity index is 513. The van der Waals surface area contributed by atoms with E-state index in [1.54, 1.807) is 6.92 Å². The highest BCUT2D eigenvalue weighted by Crippen LogP contribution is 2.28. The van der Waals surface area contributed by atoms with Crippen LogP contribution < -0.4 is 0 Å². The summed E-state index contributed by atoms with van der Waals surface area (Å²) in [5, 5.41) is 1.07. The molecule has 0 saturated carbocycles. The van der Waals surface area contributed by atoms with Crippen molar-refractivity contribution in [1.29, 1.82) is 0 Å². The smallest absolute Gasteiger partial charge is 0.159 e. The molecule has 0 bridgehead atoms. The van der Waals surface area contributed by atoms with Crippen molar-refractivity contribution in [2.24, 2.45) is 0 Å². The minimum atomic E-state index is 0.0950. The number of carbonyl (C=O) groups excluding carboxylic acids is 1. The van der Waals surface area contributed by atoms with Gasteiger partial charge in [0, 0.05) is 26.6 Å². The van der Waals surface area contributed by atoms with Gasteiger partial charge in [0.25, 0.3) is 0 Å². The highest BCUT2D eigenvalue weighted by molar-refractivity contribution is 9.10. The third-order valence-corrected chi connectivity index (χ3v) is 3.34. The second-order valence-corrected chi connectivity index (χ2v) is 4.17. The molecule has 0 aliphatic carbocycles. The minimum Gasteiger partial charge on any atom is -0.358 e. The van der Waals surface area contributed by atoms with Crippen molar-refractivity contribution >= 4 is 32.6 Å². The molecule has 0 atom stereocenters. The Labute approximate surface area is 90.4 Å². The molecule has 0 aliphatic rings. The third kappa shape index (κ3) is 1.38. The molecule has 2 aromatic rings. The summed E-state index contributed by atoms with van der Waals surface area (Å²) in [5.74, 6) is 0.0950. The number of hydrogen-bond acceptors (Lipinski definition) is 1. The van der Waals surface area contributed by atoms with Gasteiger partial charge in [0.05, 0.1) is 0 Å². The highest BCUT2D eigenvalue weighted by Gasteiger charge is 2.07. The fourth-order valence-electron chi connectivity index (χ4n) is 1.51. The van der Waals surface area contributed by atoms with Gasteiger partial charge in [-0.15, -0.1) is 0 Å². The van der Waals surface area contributed by atoms with Gasteiger partial charge < -0.3 is 4.98 Å². The Kier molecular flexibility index (Phi) is 2.19. The Balaban J connectivity index is 2.76. The molecule has 14 heavy (non-hydrogen) atoms. The van der Waals surface area contributed by atoms with Crippen LogP contribution in [0.5, 0.6) is 0 Å². The molecule has 1 aromatic heterocycles. The Morgan fingerprint density at radius 3 is 2.79 bits per heavy atom. The molecule has 72 valence electrons. The molecule has 2 rings (SSSR count). The molecular weight excluding hydrogens is 242 g/mol. The quantitative estimate of drug-likeness (QED) is 0.775. The normalized spacial score (nSPS) is 10.8. The topological polar surface area (TPSA) is 32.9 Å². The number of benzene rings is 1. The zero-order chi connectivity index (χ0) is 10.3. The average molecular weight is 252 g/mol. The fraction of sp³-hybridized carbons (Fsp3) is 0.182. The summed E-state index contributed by atoms with van der Waals surface area (Å²) >= 11 is 3.49. The van der Waals surface area contributed by atoms with Crippen LogP contribution in [0.15, 0.2) is 22.7 Å². The lowest BCUT2D eigenvalue weighted by Gasteiger charge is -1.95. The van der Waals surface area contributed by atoms with E-state index >= 15 is 0 Å². The van der Waals surface area contributed by atoms with Crippen molar-refractivity contribution in [3.8, 4) is 0 Å². The van der Waals surface area contributed by atoms with E-state index in [0.29, 0.717) is 0 Å². The predicted octanol–water partition coefficient (Wildman–Crippen LogP) is 3.44. The van der Waals surface area contributed by atoms with Crippen LogP contribution in [0, 0.1) is 6.92 Å². The van der Waals surface area contributed by atoms with Crippen LogP contribution in [-0.2, 0) is 0 Å². The van der Waals surface area contributed by atoms with E-state index in [0.717, 1.165) is 26.6 Å². The molecule has 2 nitrogen and oxygen atoms in total. The molecule has 0 radical (unpaired) electrons. The third-order valence-electron chi connectivity index (χ3n) is 2.31. The number of halogens is 1. The Morgan fingerprint density at radius 1 is 1.43 bits per heavy atom. The zero-order valence-corrected chi connectivity index (χ0v) is 9.60. The van der Waals surface area contributed by atoms with Crippen LogP contribution in [0.25, 0.3) is 10.9 Å². The number of H-pyrrole nitrogens is 1. The maximum atomic E-state index is 11.2. The van der Waals surface area contributed by atoms with Gasteiger partial charge in [-0.3, -0.25) is 4.79 Å². The van der Waals surface area contributed by atoms with E-state index in [2.05, 4.69) is 20.9 Å². The number of ketones is 1. The maximum absolute atomic E-state index is 11.2. The molecule has 1 aromatic carbocycles. The van der Waals surface area contributed by atoms with Gasteiger partial charge in [0.2, 0.25) is 0 Å². The molecule has 1 heterocycles. The number of hydrogen-bond donors (Lipinski definition) is 1. The summed E-state index contributed by atoms with van der Waals surface area (Å²) < 4.78 is 1.04. The van der Waals surface area contributed by atoms with Crippen LogP contribution in [0.2, 0.25) is 0 Å². The van der Waals surface area contributed by atoms with Crippen molar-refractivity contribution in [2.75, 3.05) is 0 Å². The van der Waals surface area contributed by atoms with Crippen LogP contribution in [0.4, 0.5) is 0 Å². The number of carbonyl (C=O) groups is 1. The lowest BCUT2D eigenvalue weighted by atomic mass is 10.1. The van der Waals surface area contributed by atoms with Crippen molar-refractivity contribution < 1.29 is 4.79 Å². The van der Waals surface area contributed by atoms with Gasteiger partial charge in [0.1, 0.15) is 0 Å². The van der Waals surface area contributed by atoms with Crippen molar-refractivity contribution in [3.05, 3.63) is 33.9 Å². The number of aromatic nitrogens is 1. The van der Waals surface area contributed by atoms with E-state index in [4.69, 9.17) is 0 Å². The standard InChI is InChI=1S/C11H10BrNO/c1-6-11(12)9-5-8(7(2)14)3-4-10(9)13-6/h3-5,13H,1-2H3. The van der Waals surface area contributed by atoms with E-state index < -0.39 is 0 Å². The number of aryl methyl sites for hydroxylation is 1. The minimum absolute atomic E-state index is 0.0950. The number of rotatable bonds is 1. The molecule has 0 unspecified atom stereocenters. The number of aromatic amines is 1. The largest absolute Gasteiger partial charge is 0.358 e. The molecule has 3 heteroatoms. The first kappa shape index (κ1) is 9.46. The van der Waals surface area contributed by atoms with Crippen LogP contribution >= 0.6 is 15.9 Å². The lowest BCUT2D eigenvalue weighted by molar-refractivity contribution is 0.101. The maximum Gasteiger partial charge on any atom is 0.159 e. The average Bonchev–Trinajstić information content (AvgIpc) is 2.43. The molecule has 0 aliphatic heterocycles. The van der Waals surface area contributed by atoms with E-state index in [-0.39, 0.29) is 5.78 Å². The van der Waals surface area contributed by atoms with Gasteiger partial charge >= 0.3 is 0 Å². The summed E-state index contributed by atoms with van der Waals surface area (Å²) in [5.41, 5.74) is 2.89. The molecule has 0 fully saturated rings. The lowest BCUT2D eigenvalue weighted by Crippen LogP contribution is -1.90. The summed E-state index contributed by atoms with van der Waals surface area (Å²) in [6, 6.07) is 5.68. The monoisotopic (exact) mass is 251 g/mol. The molecule has 0 saturated heterocycles. The zero-order valence-electron chi connectivity index (χ0n) is 8.02. The first-order valence-corrected chi connectivity index (χ1v) is 5.17. The first-order chi connectivity index (χ1) is 6.59. The summed E-state index contributed by atoms with van der Waals surface area (Å²) in [4.78, 5) is 14.4. The second kappa shape index (κ2) is 3.24. The van der Waals surface area contributed by atoms with Gasteiger partial charge in [-0.2, -0.15) is 0 Å². The van der Waals surface area contributed by atoms with E-state index in [1.165, 1.54) is 0 Å². The van der Waals surface area contributed by atoms with E-state index in [1.807, 2.05) is 25.1 Å². The van der Waals surface area contributed by atoms with Gasteiger partial charge in [-0.05, 0) is 48.0 Å². The van der Waals surface area contributed by atoms with Gasteiger partial charge in [-0.25, -0.2) is 0 Å². The van der Waals surface area contributed by atoms with E-state index in [9.17, 15) is 4.79 Å². The van der Waals surface area contributed by atoms with Gasteiger partial charge in [0.15, 0.2) is 5.78 Å². The van der Waals surface area contributed by atoms with Crippen molar-refractivity contribution in [3.63, 3.8) is 0 Å². The second-order valence-electron chi connectivity index (χ2n) is 3.38. The molecular formula is C11H10BrNO. The van der Waals surface area contributed by atoms with Gasteiger partial charge in [-0.1, -0.05) is 0 Å². The predicted molar refractivity (Wildman–Crippen MR) is 60.7 cm³/mol. The highest BCUT2D eigenvalue weighted by atomic mass is 79.9. The van der Waals surface area contributed by atoms with Crippen molar-refractivity contribution in [2.45, 2.75) is 13.8 Å². The van der Waals surface area contributed by atoms with Crippen LogP contribution in [-0.4, -0.2) is 10.8 Å². The SMILES string of the molecule is CC(=O)c1ccc2[nH]c(C)c(Br)c2c1. The number of fused-ring (bicyclic) bond motifs is 1. The van der Waals surface area contributed by atoms with Crippen molar-refractivity contribution in [1.82, 2.24) is 4.98 Å². The Morgan fingerprint density at radius 2 is 2.14 bits per heavy atom. The number of Topliss-reactive ketones (excluding diaryl/α,β-unsaturated/α-hetero) is 1. The fourth-order valence-corrected chi connectivity index (χ4v) is 1.94. The summed E-state index contributed by atoms with van der Waals surface area (Å²) in [6.45, 7) is 3.58. The molecule has 0 spiro atoms. The Hall–Kier alpha value is -1.09. The summed E-state index contributed by atoms with van der Waals surface area (Å²) in [7, 11) is 0. The first-order valence-electron chi connectivity index (χ1n) is 4.38. The van der Waals surface area contributed by atoms with Crippen LogP contribution in [0.3, 0.4) is 0 Å². The molecule has 0 amide bonds. The van der Waals surface area contributed by atoms with Crippen LogP contribution in [0.1, 0.15) is 23.0 Å². The molecule has 1 N–H and O–H groups in total. The summed E-state index contributed by atoms with van der Waals surface area (Å²) in [6.07, 6.45) is 0.